The normalized spacial score (nSPS) is 10.1. The minimum absolute atomic E-state index is 0.0943. The summed E-state index contributed by atoms with van der Waals surface area (Å²) in [5.41, 5.74) is 5.67. The number of carbonyl (C=O) groups excluding carboxylic acids is 2. The summed E-state index contributed by atoms with van der Waals surface area (Å²) in [4.78, 5) is 35.4. The van der Waals surface area contributed by atoms with Crippen molar-refractivity contribution in [2.45, 2.75) is 6.92 Å². The molecule has 118 valence electrons. The molecular weight excluding hydrogens is 298 g/mol. The molecule has 2 aromatic rings. The topological polar surface area (TPSA) is 107 Å². The summed E-state index contributed by atoms with van der Waals surface area (Å²) in [6.07, 6.45) is 0. The molecule has 0 saturated heterocycles. The van der Waals surface area contributed by atoms with E-state index in [9.17, 15) is 19.5 Å². The highest BCUT2D eigenvalue weighted by Gasteiger charge is 2.25. The number of esters is 1. The van der Waals surface area contributed by atoms with Crippen LogP contribution in [0.4, 0.5) is 0 Å². The summed E-state index contributed by atoms with van der Waals surface area (Å²) in [5.74, 6) is -2.87. The monoisotopic (exact) mass is 313 g/mol. The van der Waals surface area contributed by atoms with Crippen molar-refractivity contribution in [3.63, 3.8) is 0 Å². The van der Waals surface area contributed by atoms with Crippen LogP contribution in [0.3, 0.4) is 0 Å². The van der Waals surface area contributed by atoms with Crippen molar-refractivity contribution in [3.8, 4) is 11.1 Å². The number of rotatable bonds is 5. The summed E-state index contributed by atoms with van der Waals surface area (Å²) < 4.78 is 4.99. The van der Waals surface area contributed by atoms with Crippen LogP contribution in [-0.2, 0) is 4.74 Å². The third kappa shape index (κ3) is 3.21. The summed E-state index contributed by atoms with van der Waals surface area (Å²) in [6.45, 7) is 1.81. The maximum atomic E-state index is 12.2. The minimum Gasteiger partial charge on any atom is -0.478 e. The number of carboxylic acid groups (broad SMARTS) is 1. The van der Waals surface area contributed by atoms with Crippen LogP contribution in [0, 0.1) is 0 Å². The van der Waals surface area contributed by atoms with Gasteiger partial charge >= 0.3 is 11.9 Å². The lowest BCUT2D eigenvalue weighted by Crippen LogP contribution is -2.20. The quantitative estimate of drug-likeness (QED) is 0.824. The molecule has 0 atom stereocenters. The van der Waals surface area contributed by atoms with Crippen molar-refractivity contribution in [1.82, 2.24) is 0 Å². The maximum absolute atomic E-state index is 12.2. The molecule has 0 aromatic heterocycles. The molecule has 1 amide bonds. The highest BCUT2D eigenvalue weighted by molar-refractivity contribution is 6.13. The number of hydrogen-bond donors (Lipinski definition) is 2. The molecule has 0 bridgehead atoms. The van der Waals surface area contributed by atoms with Crippen molar-refractivity contribution >= 4 is 17.8 Å². The Kier molecular flexibility index (Phi) is 4.75. The molecule has 2 rings (SSSR count). The van der Waals surface area contributed by atoms with E-state index in [1.54, 1.807) is 37.3 Å². The molecule has 6 nitrogen and oxygen atoms in total. The van der Waals surface area contributed by atoms with Gasteiger partial charge in [-0.05, 0) is 24.6 Å². The molecule has 0 aliphatic heterocycles. The van der Waals surface area contributed by atoms with Crippen molar-refractivity contribution in [2.75, 3.05) is 6.61 Å². The van der Waals surface area contributed by atoms with E-state index in [0.29, 0.717) is 5.56 Å². The van der Waals surface area contributed by atoms with Crippen molar-refractivity contribution in [1.29, 1.82) is 0 Å². The fourth-order valence-electron chi connectivity index (χ4n) is 2.32. The molecule has 0 spiro atoms. The van der Waals surface area contributed by atoms with E-state index < -0.39 is 17.8 Å². The Balaban J connectivity index is 2.85. The van der Waals surface area contributed by atoms with Gasteiger partial charge in [-0.25, -0.2) is 9.59 Å². The van der Waals surface area contributed by atoms with Gasteiger partial charge < -0.3 is 15.6 Å². The van der Waals surface area contributed by atoms with E-state index in [0.717, 1.165) is 0 Å². The Morgan fingerprint density at radius 3 is 2.17 bits per heavy atom. The standard InChI is InChI=1S/C17H15NO5/c1-2-23-17(22)12-9-8-11(16(20)21)14(15(18)19)13(12)10-6-4-3-5-7-10/h3-9H,2H2,1H3,(H2,18,19)(H,20,21). The Morgan fingerprint density at radius 2 is 1.65 bits per heavy atom. The molecule has 0 saturated carbocycles. The average Bonchev–Trinajstić information content (AvgIpc) is 2.54. The summed E-state index contributed by atoms with van der Waals surface area (Å²) in [7, 11) is 0. The van der Waals surface area contributed by atoms with Crippen LogP contribution >= 0.6 is 0 Å². The number of ether oxygens (including phenoxy) is 1. The lowest BCUT2D eigenvalue weighted by molar-refractivity contribution is 0.0526. The first-order valence-corrected chi connectivity index (χ1v) is 6.90. The average molecular weight is 313 g/mol. The van der Waals surface area contributed by atoms with E-state index >= 15 is 0 Å². The van der Waals surface area contributed by atoms with Gasteiger partial charge in [-0.15, -0.1) is 0 Å². The smallest absolute Gasteiger partial charge is 0.338 e. The first-order chi connectivity index (χ1) is 11.0. The summed E-state index contributed by atoms with van der Waals surface area (Å²) >= 11 is 0. The largest absolute Gasteiger partial charge is 0.478 e. The Hall–Kier alpha value is -3.15. The van der Waals surface area contributed by atoms with Gasteiger partial charge in [0, 0.05) is 5.56 Å². The van der Waals surface area contributed by atoms with Crippen LogP contribution in [0.15, 0.2) is 42.5 Å². The van der Waals surface area contributed by atoms with Gasteiger partial charge in [0.25, 0.3) is 0 Å². The van der Waals surface area contributed by atoms with E-state index in [2.05, 4.69) is 0 Å². The molecule has 2 aromatic carbocycles. The second kappa shape index (κ2) is 6.74. The van der Waals surface area contributed by atoms with E-state index in [1.807, 2.05) is 0 Å². The van der Waals surface area contributed by atoms with Crippen LogP contribution in [0.25, 0.3) is 11.1 Å². The van der Waals surface area contributed by atoms with Crippen LogP contribution in [0.2, 0.25) is 0 Å². The third-order valence-corrected chi connectivity index (χ3v) is 3.24. The first-order valence-electron chi connectivity index (χ1n) is 6.90. The number of carbonyl (C=O) groups is 3. The van der Waals surface area contributed by atoms with Crippen LogP contribution < -0.4 is 5.73 Å². The van der Waals surface area contributed by atoms with Crippen LogP contribution in [-0.4, -0.2) is 29.6 Å². The molecule has 0 aliphatic carbocycles. The number of benzene rings is 2. The minimum atomic E-state index is -1.30. The molecule has 3 N–H and O–H groups in total. The molecule has 0 unspecified atom stereocenters. The Labute approximate surface area is 132 Å². The number of hydrogen-bond acceptors (Lipinski definition) is 4. The molecule has 0 heterocycles. The van der Waals surface area contributed by atoms with E-state index in [-0.39, 0.29) is 28.9 Å². The molecule has 0 radical (unpaired) electrons. The molecular formula is C17H15NO5. The van der Waals surface area contributed by atoms with Gasteiger partial charge in [-0.2, -0.15) is 0 Å². The van der Waals surface area contributed by atoms with Gasteiger partial charge in [0.2, 0.25) is 5.91 Å². The fraction of sp³-hybridized carbons (Fsp3) is 0.118. The van der Waals surface area contributed by atoms with Crippen molar-refractivity contribution < 1.29 is 24.2 Å². The summed E-state index contributed by atoms with van der Waals surface area (Å²) in [6, 6.07) is 11.0. The number of nitrogens with two attached hydrogens (primary N) is 1. The molecule has 6 heteroatoms. The zero-order valence-electron chi connectivity index (χ0n) is 12.4. The van der Waals surface area contributed by atoms with E-state index in [4.69, 9.17) is 10.5 Å². The van der Waals surface area contributed by atoms with Gasteiger partial charge in [-0.1, -0.05) is 30.3 Å². The summed E-state index contributed by atoms with van der Waals surface area (Å²) in [5, 5.41) is 9.29. The van der Waals surface area contributed by atoms with Crippen LogP contribution in [0.1, 0.15) is 38.0 Å². The fourth-order valence-corrected chi connectivity index (χ4v) is 2.32. The highest BCUT2D eigenvalue weighted by atomic mass is 16.5. The predicted molar refractivity (Wildman–Crippen MR) is 83.3 cm³/mol. The SMILES string of the molecule is CCOC(=O)c1ccc(C(=O)O)c(C(N)=O)c1-c1ccccc1. The second-order valence-electron chi connectivity index (χ2n) is 4.67. The maximum Gasteiger partial charge on any atom is 0.338 e. The zero-order valence-corrected chi connectivity index (χ0v) is 12.4. The van der Waals surface area contributed by atoms with Gasteiger partial charge in [0.1, 0.15) is 0 Å². The lowest BCUT2D eigenvalue weighted by atomic mass is 9.90. The highest BCUT2D eigenvalue weighted by Crippen LogP contribution is 2.31. The molecule has 23 heavy (non-hydrogen) atoms. The third-order valence-electron chi connectivity index (χ3n) is 3.24. The second-order valence-corrected chi connectivity index (χ2v) is 4.67. The number of carboxylic acids is 1. The van der Waals surface area contributed by atoms with Gasteiger partial charge in [-0.3, -0.25) is 4.79 Å². The zero-order chi connectivity index (χ0) is 17.0. The molecule has 0 fully saturated rings. The number of primary amides is 1. The Bertz CT molecular complexity index is 768. The van der Waals surface area contributed by atoms with Gasteiger partial charge in [0.15, 0.2) is 0 Å². The van der Waals surface area contributed by atoms with Crippen molar-refractivity contribution in [2.24, 2.45) is 5.73 Å². The first kappa shape index (κ1) is 16.2. The number of aromatic carboxylic acids is 1. The lowest BCUT2D eigenvalue weighted by Gasteiger charge is -2.15. The Morgan fingerprint density at radius 1 is 1.04 bits per heavy atom. The molecule has 0 aliphatic rings. The van der Waals surface area contributed by atoms with Crippen LogP contribution in [0.5, 0.6) is 0 Å². The number of amides is 1. The van der Waals surface area contributed by atoms with Crippen molar-refractivity contribution in [3.05, 3.63) is 59.2 Å². The predicted octanol–water partition coefficient (Wildman–Crippen LogP) is 2.33. The van der Waals surface area contributed by atoms with Gasteiger partial charge in [0.05, 0.1) is 23.3 Å². The van der Waals surface area contributed by atoms with E-state index in [1.165, 1.54) is 12.1 Å².